The number of aromatic nitrogens is 2. The van der Waals surface area contributed by atoms with Crippen LogP contribution >= 0.6 is 11.3 Å². The minimum Gasteiger partial charge on any atom is -0.347 e. The zero-order chi connectivity index (χ0) is 13.2. The number of nitrogens with two attached hydrogens (primary N) is 1. The Labute approximate surface area is 109 Å². The maximum atomic E-state index is 12.2. The molecule has 0 aromatic carbocycles. The average molecular weight is 286 g/mol. The van der Waals surface area contributed by atoms with Crippen molar-refractivity contribution in [2.75, 3.05) is 0 Å². The van der Waals surface area contributed by atoms with Crippen LogP contribution in [0, 0.1) is 6.92 Å². The van der Waals surface area contributed by atoms with E-state index < -0.39 is 10.0 Å². The van der Waals surface area contributed by atoms with Crippen molar-refractivity contribution in [1.82, 2.24) is 14.7 Å². The summed E-state index contributed by atoms with van der Waals surface area (Å²) >= 11 is 1.36. The van der Waals surface area contributed by atoms with Crippen LogP contribution in [0.1, 0.15) is 16.1 Å². The number of nitrogens with zero attached hydrogens (tertiary/aromatic N) is 1. The maximum absolute atomic E-state index is 12.2. The number of rotatable bonds is 5. The molecule has 0 aliphatic heterocycles. The maximum Gasteiger partial charge on any atom is 0.242 e. The molecule has 0 amide bonds. The molecule has 2 aromatic heterocycles. The van der Waals surface area contributed by atoms with Gasteiger partial charge in [0.1, 0.15) is 4.90 Å². The van der Waals surface area contributed by atoms with E-state index in [0.29, 0.717) is 15.5 Å². The molecule has 0 saturated heterocycles. The molecule has 4 N–H and O–H groups in total. The van der Waals surface area contributed by atoms with Gasteiger partial charge in [-0.2, -0.15) is 0 Å². The Morgan fingerprint density at radius 2 is 2.33 bits per heavy atom. The van der Waals surface area contributed by atoms with Crippen molar-refractivity contribution in [3.8, 4) is 0 Å². The number of hydrogen-bond donors (Lipinski definition) is 3. The monoisotopic (exact) mass is 286 g/mol. The van der Waals surface area contributed by atoms with Crippen LogP contribution in [-0.4, -0.2) is 18.4 Å². The molecule has 6 nitrogen and oxygen atoms in total. The van der Waals surface area contributed by atoms with Gasteiger partial charge < -0.3 is 10.7 Å². The van der Waals surface area contributed by atoms with E-state index in [2.05, 4.69) is 14.7 Å². The fraction of sp³-hybridized carbons (Fsp3) is 0.300. The Morgan fingerprint density at radius 3 is 2.94 bits per heavy atom. The smallest absolute Gasteiger partial charge is 0.242 e. The minimum absolute atomic E-state index is 0.182. The fourth-order valence-electron chi connectivity index (χ4n) is 1.62. The summed E-state index contributed by atoms with van der Waals surface area (Å²) < 4.78 is 26.9. The first-order valence-corrected chi connectivity index (χ1v) is 7.65. The van der Waals surface area contributed by atoms with Crippen LogP contribution in [0.4, 0.5) is 0 Å². The van der Waals surface area contributed by atoms with E-state index >= 15 is 0 Å². The fourth-order valence-corrected chi connectivity index (χ4v) is 4.32. The molecule has 2 heterocycles. The Hall–Kier alpha value is -1.22. The van der Waals surface area contributed by atoms with Gasteiger partial charge >= 0.3 is 0 Å². The van der Waals surface area contributed by atoms with Gasteiger partial charge in [-0.3, -0.25) is 0 Å². The van der Waals surface area contributed by atoms with E-state index in [1.54, 1.807) is 18.5 Å². The van der Waals surface area contributed by atoms with Gasteiger partial charge in [-0.25, -0.2) is 18.1 Å². The highest BCUT2D eigenvalue weighted by atomic mass is 32.2. The molecule has 18 heavy (non-hydrogen) atoms. The molecule has 2 aromatic rings. The molecule has 0 aliphatic rings. The molecule has 8 heteroatoms. The van der Waals surface area contributed by atoms with Crippen molar-refractivity contribution in [2.24, 2.45) is 5.73 Å². The zero-order valence-corrected chi connectivity index (χ0v) is 11.4. The van der Waals surface area contributed by atoms with E-state index in [4.69, 9.17) is 5.73 Å². The molecule has 0 aliphatic carbocycles. The number of sulfonamides is 1. The molecule has 0 unspecified atom stereocenters. The highest BCUT2D eigenvalue weighted by Crippen LogP contribution is 2.26. The van der Waals surface area contributed by atoms with Gasteiger partial charge in [0.2, 0.25) is 10.0 Å². The first-order valence-electron chi connectivity index (χ1n) is 5.28. The normalized spacial score (nSPS) is 11.9. The third-order valence-corrected chi connectivity index (χ3v) is 5.34. The SMILES string of the molecule is Cc1csc(CN)c1S(=O)(=O)NCc1cnc[nH]1. The van der Waals surface area contributed by atoms with Gasteiger partial charge in [-0.1, -0.05) is 0 Å². The number of thiophene rings is 1. The van der Waals surface area contributed by atoms with Crippen LogP contribution < -0.4 is 10.5 Å². The Bertz CT molecular complexity index is 616. The van der Waals surface area contributed by atoms with Crippen molar-refractivity contribution < 1.29 is 8.42 Å². The van der Waals surface area contributed by atoms with E-state index in [-0.39, 0.29) is 13.1 Å². The predicted molar refractivity (Wildman–Crippen MR) is 69.6 cm³/mol. The lowest BCUT2D eigenvalue weighted by Crippen LogP contribution is -2.24. The Morgan fingerprint density at radius 1 is 1.56 bits per heavy atom. The third kappa shape index (κ3) is 2.61. The van der Waals surface area contributed by atoms with Gasteiger partial charge in [-0.05, 0) is 17.9 Å². The van der Waals surface area contributed by atoms with E-state index in [1.807, 2.05) is 0 Å². The highest BCUT2D eigenvalue weighted by Gasteiger charge is 2.22. The van der Waals surface area contributed by atoms with Gasteiger partial charge in [-0.15, -0.1) is 11.3 Å². The topological polar surface area (TPSA) is 101 Å². The van der Waals surface area contributed by atoms with Crippen LogP contribution in [-0.2, 0) is 23.1 Å². The van der Waals surface area contributed by atoms with E-state index in [0.717, 1.165) is 5.56 Å². The van der Waals surface area contributed by atoms with Crippen molar-refractivity contribution in [2.45, 2.75) is 24.9 Å². The van der Waals surface area contributed by atoms with Gasteiger partial charge in [0.25, 0.3) is 0 Å². The molecule has 0 saturated carbocycles. The van der Waals surface area contributed by atoms with Crippen LogP contribution in [0.2, 0.25) is 0 Å². The number of imidazole rings is 1. The molecule has 0 spiro atoms. The van der Waals surface area contributed by atoms with Crippen LogP contribution in [0.25, 0.3) is 0 Å². The quantitative estimate of drug-likeness (QED) is 0.753. The largest absolute Gasteiger partial charge is 0.347 e. The first kappa shape index (κ1) is 13.2. The summed E-state index contributed by atoms with van der Waals surface area (Å²) in [4.78, 5) is 7.64. The summed E-state index contributed by atoms with van der Waals surface area (Å²) in [5, 5.41) is 1.80. The van der Waals surface area contributed by atoms with Crippen molar-refractivity contribution in [3.05, 3.63) is 34.0 Å². The molecule has 98 valence electrons. The number of aryl methyl sites for hydroxylation is 1. The molecule has 2 rings (SSSR count). The van der Waals surface area contributed by atoms with E-state index in [9.17, 15) is 8.42 Å². The van der Waals surface area contributed by atoms with Crippen LogP contribution in [0.15, 0.2) is 22.8 Å². The second kappa shape index (κ2) is 5.19. The summed E-state index contributed by atoms with van der Waals surface area (Å²) in [6.45, 7) is 2.17. The molecule has 0 radical (unpaired) electrons. The zero-order valence-electron chi connectivity index (χ0n) is 9.80. The van der Waals surface area contributed by atoms with Crippen LogP contribution in [0.5, 0.6) is 0 Å². The van der Waals surface area contributed by atoms with Gasteiger partial charge in [0, 0.05) is 23.3 Å². The second-order valence-corrected chi connectivity index (χ2v) is 6.44. The van der Waals surface area contributed by atoms with Crippen molar-refractivity contribution in [1.29, 1.82) is 0 Å². The summed E-state index contributed by atoms with van der Waals surface area (Å²) in [5.74, 6) is 0. The third-order valence-electron chi connectivity index (χ3n) is 2.45. The second-order valence-electron chi connectivity index (χ2n) is 3.78. The van der Waals surface area contributed by atoms with Gasteiger partial charge in [0.15, 0.2) is 0 Å². The van der Waals surface area contributed by atoms with Gasteiger partial charge in [0.05, 0.1) is 12.9 Å². The number of H-pyrrole nitrogens is 1. The Balaban J connectivity index is 2.22. The molecule has 0 atom stereocenters. The number of hydrogen-bond acceptors (Lipinski definition) is 5. The molecule has 0 fully saturated rings. The van der Waals surface area contributed by atoms with Crippen LogP contribution in [0.3, 0.4) is 0 Å². The predicted octanol–water partition coefficient (Wildman–Crippen LogP) is 0.717. The van der Waals surface area contributed by atoms with Crippen molar-refractivity contribution in [3.63, 3.8) is 0 Å². The molecular formula is C10H14N4O2S2. The highest BCUT2D eigenvalue weighted by molar-refractivity contribution is 7.89. The minimum atomic E-state index is -3.53. The number of aromatic amines is 1. The average Bonchev–Trinajstić information content (AvgIpc) is 2.95. The lowest BCUT2D eigenvalue weighted by Gasteiger charge is -2.07. The summed E-state index contributed by atoms with van der Waals surface area (Å²) in [5.41, 5.74) is 6.98. The standard InChI is InChI=1S/C10H14N4O2S2/c1-7-5-17-9(2-11)10(7)18(15,16)14-4-8-3-12-6-13-8/h3,5-6,14H,2,4,11H2,1H3,(H,12,13). The lowest BCUT2D eigenvalue weighted by atomic mass is 10.3. The number of nitrogens with one attached hydrogen (secondary N) is 2. The lowest BCUT2D eigenvalue weighted by molar-refractivity contribution is 0.579. The molecular weight excluding hydrogens is 272 g/mol. The molecule has 0 bridgehead atoms. The summed E-state index contributed by atoms with van der Waals surface area (Å²) in [6, 6.07) is 0. The Kier molecular flexibility index (Phi) is 3.81. The summed E-state index contributed by atoms with van der Waals surface area (Å²) in [6.07, 6.45) is 3.08. The summed E-state index contributed by atoms with van der Waals surface area (Å²) in [7, 11) is -3.53. The van der Waals surface area contributed by atoms with Crippen molar-refractivity contribution >= 4 is 21.4 Å². The van der Waals surface area contributed by atoms with E-state index in [1.165, 1.54) is 17.7 Å². The first-order chi connectivity index (χ1) is 8.54.